The molecule has 0 aromatic carbocycles. The van der Waals surface area contributed by atoms with Crippen LogP contribution in [0.25, 0.3) is 0 Å². The summed E-state index contributed by atoms with van der Waals surface area (Å²) < 4.78 is 13.8. The Hall–Kier alpha value is -3.92. The molecule has 5 heterocycles. The van der Waals surface area contributed by atoms with E-state index in [9.17, 15) is 4.79 Å². The predicted octanol–water partition coefficient (Wildman–Crippen LogP) is 6.46. The van der Waals surface area contributed by atoms with E-state index in [1.807, 2.05) is 32.3 Å². The highest BCUT2D eigenvalue weighted by Crippen LogP contribution is 2.40. The summed E-state index contributed by atoms with van der Waals surface area (Å²) in [6, 6.07) is 3.30. The number of anilines is 1. The Labute approximate surface area is 285 Å². The molecule has 0 saturated heterocycles. The lowest BCUT2D eigenvalue weighted by atomic mass is 9.71. The van der Waals surface area contributed by atoms with Gasteiger partial charge in [-0.2, -0.15) is 5.10 Å². The highest BCUT2D eigenvalue weighted by Gasteiger charge is 2.31. The van der Waals surface area contributed by atoms with Gasteiger partial charge in [0.1, 0.15) is 30.0 Å². The summed E-state index contributed by atoms with van der Waals surface area (Å²) in [5, 5.41) is 11.4. The van der Waals surface area contributed by atoms with E-state index >= 15 is 0 Å². The molecule has 0 radical (unpaired) electrons. The van der Waals surface area contributed by atoms with Crippen LogP contribution in [-0.2, 0) is 16.6 Å². The van der Waals surface area contributed by atoms with E-state index in [2.05, 4.69) is 51.6 Å². The number of nitrogens with one attached hydrogen (secondary N) is 2. The van der Waals surface area contributed by atoms with Crippen LogP contribution in [0, 0.1) is 18.3 Å². The van der Waals surface area contributed by atoms with Crippen LogP contribution < -0.4 is 15.4 Å². The number of fused-ring (bicyclic) bond motifs is 5. The molecule has 0 spiro atoms. The maximum absolute atomic E-state index is 13.3. The highest BCUT2D eigenvalue weighted by molar-refractivity contribution is 6.06. The monoisotopic (exact) mass is 655 g/mol. The standard InChI is InChI=1S/C38H53N7O3/c1-27-35(11-8-19-39-27)47-24-23-45(21-6-5-10-29-13-12-28-9-7-20-40-32(28)16-18-38(29,2)3)22-17-34-37(46)48-30-14-15-33(43-34)31-26-42-44(4)36(31)41-25-30/h8,11-13,19,25-26,29,34,40-41H,5-7,9-10,14-18,20-24H2,1-4H3/b13-12-,30-25-,43-33?/t29?,34-/m0/s1. The zero-order chi connectivity index (χ0) is 33.5. The van der Waals surface area contributed by atoms with Crippen molar-refractivity contribution in [2.45, 2.75) is 91.0 Å². The number of aliphatic imine (C=N–C) groups is 1. The summed E-state index contributed by atoms with van der Waals surface area (Å²) >= 11 is 0. The van der Waals surface area contributed by atoms with Gasteiger partial charge in [-0.1, -0.05) is 32.4 Å². The molecule has 10 nitrogen and oxygen atoms in total. The molecule has 2 aromatic rings. The van der Waals surface area contributed by atoms with E-state index < -0.39 is 6.04 Å². The molecule has 2 N–H and O–H groups in total. The Bertz CT molecular complexity index is 1570. The number of hydrogen-bond donors (Lipinski definition) is 2. The maximum Gasteiger partial charge on any atom is 0.336 e. The first-order chi connectivity index (χ1) is 23.3. The van der Waals surface area contributed by atoms with Gasteiger partial charge in [0.2, 0.25) is 0 Å². The second-order valence-corrected chi connectivity index (χ2v) is 14.3. The van der Waals surface area contributed by atoms with Crippen LogP contribution in [0.1, 0.15) is 89.3 Å². The number of pyridine rings is 1. The van der Waals surface area contributed by atoms with Gasteiger partial charge in [-0.05, 0) is 93.9 Å². The molecule has 1 unspecified atom stereocenters. The zero-order valence-corrected chi connectivity index (χ0v) is 29.3. The number of ether oxygens (including phenoxy) is 2. The molecule has 2 atom stereocenters. The fraction of sp³-hybridized carbons (Fsp3) is 0.579. The van der Waals surface area contributed by atoms with Crippen molar-refractivity contribution in [3.8, 4) is 5.75 Å². The van der Waals surface area contributed by atoms with Crippen LogP contribution in [0.5, 0.6) is 5.75 Å². The average molecular weight is 656 g/mol. The molecule has 0 amide bonds. The number of aromatic nitrogens is 3. The van der Waals surface area contributed by atoms with Crippen LogP contribution in [-0.4, -0.2) is 70.2 Å². The van der Waals surface area contributed by atoms with Crippen molar-refractivity contribution in [1.29, 1.82) is 0 Å². The number of hydrogen-bond acceptors (Lipinski definition) is 9. The number of esters is 1. The molecule has 10 heteroatoms. The van der Waals surface area contributed by atoms with E-state index in [1.165, 1.54) is 37.0 Å². The van der Waals surface area contributed by atoms with Crippen molar-refractivity contribution in [1.82, 2.24) is 25.0 Å². The lowest BCUT2D eigenvalue weighted by molar-refractivity contribution is -0.141. The van der Waals surface area contributed by atoms with Gasteiger partial charge in [-0.3, -0.25) is 19.6 Å². The number of allylic oxidation sites excluding steroid dienone is 5. The largest absolute Gasteiger partial charge is 0.490 e. The minimum atomic E-state index is -0.576. The minimum absolute atomic E-state index is 0.261. The van der Waals surface area contributed by atoms with Crippen LogP contribution in [0.4, 0.5) is 5.82 Å². The molecule has 2 aromatic heterocycles. The molecule has 6 rings (SSSR count). The normalized spacial score (nSPS) is 23.7. The Balaban J connectivity index is 1.10. The minimum Gasteiger partial charge on any atom is -0.490 e. The van der Waals surface area contributed by atoms with Gasteiger partial charge in [0.15, 0.2) is 0 Å². The summed E-state index contributed by atoms with van der Waals surface area (Å²) in [5.41, 5.74) is 5.98. The lowest BCUT2D eigenvalue weighted by Gasteiger charge is -2.36. The second-order valence-electron chi connectivity index (χ2n) is 14.3. The van der Waals surface area contributed by atoms with Crippen LogP contribution in [0.15, 0.2) is 64.9 Å². The summed E-state index contributed by atoms with van der Waals surface area (Å²) in [7, 11) is 1.90. The molecular weight excluding hydrogens is 602 g/mol. The van der Waals surface area contributed by atoms with Gasteiger partial charge in [-0.25, -0.2) is 4.79 Å². The van der Waals surface area contributed by atoms with Crippen LogP contribution >= 0.6 is 0 Å². The first kappa shape index (κ1) is 34.0. The van der Waals surface area contributed by atoms with Crippen LogP contribution in [0.3, 0.4) is 0 Å². The van der Waals surface area contributed by atoms with Crippen molar-refractivity contribution in [2.75, 3.05) is 38.1 Å². The summed E-state index contributed by atoms with van der Waals surface area (Å²) in [4.78, 5) is 25.1. The molecular formula is C38H53N7O3. The maximum atomic E-state index is 13.3. The summed E-state index contributed by atoms with van der Waals surface area (Å²) in [6.07, 6.45) is 20.4. The molecule has 0 saturated carbocycles. The van der Waals surface area contributed by atoms with Gasteiger partial charge in [0, 0.05) is 56.9 Å². The third kappa shape index (κ3) is 8.38. The predicted molar refractivity (Wildman–Crippen MR) is 190 cm³/mol. The smallest absolute Gasteiger partial charge is 0.336 e. The number of carbonyl (C=O) groups excluding carboxylic acids is 1. The fourth-order valence-corrected chi connectivity index (χ4v) is 7.33. The first-order valence-corrected chi connectivity index (χ1v) is 17.9. The van der Waals surface area contributed by atoms with Crippen molar-refractivity contribution in [3.05, 3.63) is 71.2 Å². The first-order valence-electron chi connectivity index (χ1n) is 17.9. The molecule has 3 aliphatic heterocycles. The van der Waals surface area contributed by atoms with Crippen molar-refractivity contribution in [3.63, 3.8) is 0 Å². The quantitative estimate of drug-likeness (QED) is 0.198. The van der Waals surface area contributed by atoms with E-state index in [0.29, 0.717) is 37.5 Å². The number of unbranched alkanes of at least 4 members (excludes halogenated alkanes) is 1. The average Bonchev–Trinajstić information content (AvgIpc) is 3.42. The van der Waals surface area contributed by atoms with Gasteiger partial charge in [-0.15, -0.1) is 0 Å². The summed E-state index contributed by atoms with van der Waals surface area (Å²) in [5.74, 6) is 2.58. The molecule has 0 fully saturated rings. The van der Waals surface area contributed by atoms with Gasteiger partial charge < -0.3 is 20.1 Å². The number of aryl methyl sites for hydroxylation is 2. The molecule has 2 bridgehead atoms. The SMILES string of the molecule is Cc1ncccc1OCCN(CCCCC1/C=C\C2=C(CCC1(C)C)NCCC2)CC[C@@H]1N=C2CC/C(=C/Nc3c2cnn3C)OC1=O. The number of carbonyl (C=O) groups is 1. The lowest BCUT2D eigenvalue weighted by Crippen LogP contribution is -2.35. The van der Waals surface area contributed by atoms with E-state index in [-0.39, 0.29) is 11.4 Å². The Morgan fingerprint density at radius 1 is 1.12 bits per heavy atom. The van der Waals surface area contributed by atoms with E-state index in [0.717, 1.165) is 74.0 Å². The second kappa shape index (κ2) is 15.5. The van der Waals surface area contributed by atoms with Crippen LogP contribution in [0.2, 0.25) is 0 Å². The Morgan fingerprint density at radius 3 is 2.90 bits per heavy atom. The van der Waals surface area contributed by atoms with Gasteiger partial charge in [0.25, 0.3) is 0 Å². The number of nitrogens with zero attached hydrogens (tertiary/aromatic N) is 5. The molecule has 48 heavy (non-hydrogen) atoms. The third-order valence-corrected chi connectivity index (χ3v) is 10.5. The van der Waals surface area contributed by atoms with E-state index in [4.69, 9.17) is 14.5 Å². The van der Waals surface area contributed by atoms with Gasteiger partial charge in [0.05, 0.1) is 17.5 Å². The summed E-state index contributed by atoms with van der Waals surface area (Å²) in [6.45, 7) is 10.9. The topological polar surface area (TPSA) is 106 Å². The number of rotatable bonds is 12. The third-order valence-electron chi connectivity index (χ3n) is 10.5. The fourth-order valence-electron chi connectivity index (χ4n) is 7.33. The molecule has 258 valence electrons. The highest BCUT2D eigenvalue weighted by atomic mass is 16.5. The Morgan fingerprint density at radius 2 is 2.02 bits per heavy atom. The molecule has 4 aliphatic rings. The van der Waals surface area contributed by atoms with Crippen molar-refractivity contribution >= 4 is 17.5 Å². The zero-order valence-electron chi connectivity index (χ0n) is 29.3. The van der Waals surface area contributed by atoms with Crippen molar-refractivity contribution < 1.29 is 14.3 Å². The molecule has 1 aliphatic carbocycles. The van der Waals surface area contributed by atoms with E-state index in [1.54, 1.807) is 17.1 Å². The van der Waals surface area contributed by atoms with Gasteiger partial charge >= 0.3 is 5.97 Å². The Kier molecular flexibility index (Phi) is 11.0. The van der Waals surface area contributed by atoms with Crippen molar-refractivity contribution in [2.24, 2.45) is 23.4 Å².